The first kappa shape index (κ1) is 12.4. The summed E-state index contributed by atoms with van der Waals surface area (Å²) in [4.78, 5) is 4.03. The van der Waals surface area contributed by atoms with Gasteiger partial charge in [-0.2, -0.15) is 5.10 Å². The molecule has 18 heavy (non-hydrogen) atoms. The van der Waals surface area contributed by atoms with Gasteiger partial charge in [-0.25, -0.2) is 13.4 Å². The Morgan fingerprint density at radius 1 is 1.39 bits per heavy atom. The zero-order chi connectivity index (χ0) is 13.0. The minimum atomic E-state index is -3.62. The molecule has 7 nitrogen and oxygen atoms in total. The summed E-state index contributed by atoms with van der Waals surface area (Å²) in [7, 11) is -3.62. The van der Waals surface area contributed by atoms with E-state index < -0.39 is 10.0 Å². The minimum Gasteiger partial charge on any atom is -0.478 e. The molecular formula is C10H12N4O3S. The Morgan fingerprint density at radius 3 is 2.78 bits per heavy atom. The van der Waals surface area contributed by atoms with Crippen molar-refractivity contribution in [2.24, 2.45) is 0 Å². The summed E-state index contributed by atoms with van der Waals surface area (Å²) >= 11 is 0. The molecule has 0 bridgehead atoms. The van der Waals surface area contributed by atoms with E-state index in [0.29, 0.717) is 18.2 Å². The lowest BCUT2D eigenvalue weighted by molar-refractivity contribution is 0.327. The molecule has 0 fully saturated rings. The number of pyridine rings is 1. The predicted octanol–water partition coefficient (Wildman–Crippen LogP) is 1.00. The quantitative estimate of drug-likeness (QED) is 0.843. The third-order valence-corrected chi connectivity index (χ3v) is 3.41. The number of anilines is 1. The monoisotopic (exact) mass is 268 g/mol. The maximum absolute atomic E-state index is 11.8. The molecule has 0 amide bonds. The average Bonchev–Trinajstić information content (AvgIpc) is 2.86. The normalized spacial score (nSPS) is 11.2. The molecule has 8 heteroatoms. The van der Waals surface area contributed by atoms with Gasteiger partial charge in [-0.15, -0.1) is 0 Å². The second kappa shape index (κ2) is 5.05. The van der Waals surface area contributed by atoms with E-state index in [-0.39, 0.29) is 4.90 Å². The average molecular weight is 268 g/mol. The van der Waals surface area contributed by atoms with Crippen LogP contribution >= 0.6 is 0 Å². The van der Waals surface area contributed by atoms with Crippen LogP contribution in [0.5, 0.6) is 5.88 Å². The SMILES string of the molecule is CCOc1ccc(NS(=O)(=O)c2cn[nH]c2)cn1. The molecule has 0 aliphatic carbocycles. The van der Waals surface area contributed by atoms with E-state index in [2.05, 4.69) is 19.9 Å². The summed E-state index contributed by atoms with van der Waals surface area (Å²) < 4.78 is 31.2. The Labute approximate surface area is 104 Å². The fraction of sp³-hybridized carbons (Fsp3) is 0.200. The summed E-state index contributed by atoms with van der Waals surface area (Å²) in [6, 6.07) is 3.17. The van der Waals surface area contributed by atoms with Crippen LogP contribution in [0, 0.1) is 0 Å². The van der Waals surface area contributed by atoms with Crippen LogP contribution in [-0.4, -0.2) is 30.2 Å². The van der Waals surface area contributed by atoms with Gasteiger partial charge in [0.2, 0.25) is 5.88 Å². The van der Waals surface area contributed by atoms with Gasteiger partial charge in [0.15, 0.2) is 0 Å². The number of nitrogens with one attached hydrogen (secondary N) is 2. The van der Waals surface area contributed by atoms with Gasteiger partial charge < -0.3 is 4.74 Å². The van der Waals surface area contributed by atoms with Crippen molar-refractivity contribution in [2.75, 3.05) is 11.3 Å². The molecule has 0 saturated heterocycles. The van der Waals surface area contributed by atoms with Crippen LogP contribution in [0.25, 0.3) is 0 Å². The van der Waals surface area contributed by atoms with Crippen molar-refractivity contribution in [3.8, 4) is 5.88 Å². The highest BCUT2D eigenvalue weighted by atomic mass is 32.2. The molecule has 2 N–H and O–H groups in total. The second-order valence-electron chi connectivity index (χ2n) is 3.36. The number of sulfonamides is 1. The molecule has 0 radical (unpaired) electrons. The first-order valence-electron chi connectivity index (χ1n) is 5.22. The molecule has 0 spiro atoms. The number of aromatic amines is 1. The van der Waals surface area contributed by atoms with Crippen molar-refractivity contribution in [2.45, 2.75) is 11.8 Å². The Kier molecular flexibility index (Phi) is 3.47. The van der Waals surface area contributed by atoms with E-state index in [1.807, 2.05) is 6.92 Å². The summed E-state index contributed by atoms with van der Waals surface area (Å²) in [5, 5.41) is 6.03. The summed E-state index contributed by atoms with van der Waals surface area (Å²) in [6.45, 7) is 2.35. The molecule has 0 aliphatic rings. The van der Waals surface area contributed by atoms with Crippen molar-refractivity contribution in [1.82, 2.24) is 15.2 Å². The van der Waals surface area contributed by atoms with Gasteiger partial charge in [0.25, 0.3) is 10.0 Å². The number of nitrogens with zero attached hydrogens (tertiary/aromatic N) is 2. The van der Waals surface area contributed by atoms with Crippen molar-refractivity contribution in [3.63, 3.8) is 0 Å². The van der Waals surface area contributed by atoms with E-state index in [4.69, 9.17) is 4.74 Å². The maximum atomic E-state index is 11.8. The molecule has 0 aromatic carbocycles. The number of hydrogen-bond donors (Lipinski definition) is 2. The lowest BCUT2D eigenvalue weighted by atomic mass is 10.4. The Hall–Kier alpha value is -2.09. The van der Waals surface area contributed by atoms with Gasteiger partial charge in [0.05, 0.1) is 24.7 Å². The number of aromatic nitrogens is 3. The lowest BCUT2D eigenvalue weighted by Gasteiger charge is -2.06. The molecule has 0 saturated carbocycles. The van der Waals surface area contributed by atoms with Gasteiger partial charge in [0, 0.05) is 12.3 Å². The standard InChI is InChI=1S/C10H12N4O3S/c1-2-17-10-4-3-8(5-11-10)14-18(15,16)9-6-12-13-7-9/h3-7,14H,2H2,1H3,(H,12,13). The van der Waals surface area contributed by atoms with Crippen LogP contribution in [0.15, 0.2) is 35.6 Å². The number of H-pyrrole nitrogens is 1. The van der Waals surface area contributed by atoms with Crippen molar-refractivity contribution < 1.29 is 13.2 Å². The predicted molar refractivity (Wildman–Crippen MR) is 64.8 cm³/mol. The Morgan fingerprint density at radius 2 is 2.22 bits per heavy atom. The molecule has 2 rings (SSSR count). The van der Waals surface area contributed by atoms with Crippen LogP contribution in [0.1, 0.15) is 6.92 Å². The molecule has 96 valence electrons. The van der Waals surface area contributed by atoms with Gasteiger partial charge in [-0.1, -0.05) is 0 Å². The molecule has 0 unspecified atom stereocenters. The summed E-state index contributed by atoms with van der Waals surface area (Å²) in [5.41, 5.74) is 0.361. The zero-order valence-corrected chi connectivity index (χ0v) is 10.4. The van der Waals surface area contributed by atoms with E-state index >= 15 is 0 Å². The first-order valence-corrected chi connectivity index (χ1v) is 6.70. The van der Waals surface area contributed by atoms with Crippen molar-refractivity contribution in [3.05, 3.63) is 30.7 Å². The van der Waals surface area contributed by atoms with E-state index in [9.17, 15) is 8.42 Å². The van der Waals surface area contributed by atoms with Gasteiger partial charge >= 0.3 is 0 Å². The molecule has 2 aromatic heterocycles. The molecule has 0 aliphatic heterocycles. The second-order valence-corrected chi connectivity index (χ2v) is 5.04. The Balaban J connectivity index is 2.14. The fourth-order valence-electron chi connectivity index (χ4n) is 1.27. The highest BCUT2D eigenvalue weighted by Gasteiger charge is 2.15. The summed E-state index contributed by atoms with van der Waals surface area (Å²) in [6.07, 6.45) is 3.91. The highest BCUT2D eigenvalue weighted by Crippen LogP contribution is 2.16. The van der Waals surface area contributed by atoms with E-state index in [1.54, 1.807) is 12.1 Å². The fourth-order valence-corrected chi connectivity index (χ4v) is 2.22. The third kappa shape index (κ3) is 2.77. The first-order chi connectivity index (χ1) is 8.62. The van der Waals surface area contributed by atoms with E-state index in [1.165, 1.54) is 18.6 Å². The highest BCUT2D eigenvalue weighted by molar-refractivity contribution is 7.92. The Bertz CT molecular complexity index is 593. The van der Waals surface area contributed by atoms with Crippen LogP contribution in [-0.2, 0) is 10.0 Å². The van der Waals surface area contributed by atoms with Crippen molar-refractivity contribution >= 4 is 15.7 Å². The smallest absolute Gasteiger partial charge is 0.265 e. The van der Waals surface area contributed by atoms with Crippen LogP contribution in [0.2, 0.25) is 0 Å². The lowest BCUT2D eigenvalue weighted by Crippen LogP contribution is -2.12. The van der Waals surface area contributed by atoms with Crippen molar-refractivity contribution in [1.29, 1.82) is 0 Å². The number of hydrogen-bond acceptors (Lipinski definition) is 5. The summed E-state index contributed by atoms with van der Waals surface area (Å²) in [5.74, 6) is 0.448. The van der Waals surface area contributed by atoms with Crippen LogP contribution < -0.4 is 9.46 Å². The largest absolute Gasteiger partial charge is 0.478 e. The maximum Gasteiger partial charge on any atom is 0.265 e. The topological polar surface area (TPSA) is 97.0 Å². The number of rotatable bonds is 5. The molecular weight excluding hydrogens is 256 g/mol. The number of ether oxygens (including phenoxy) is 1. The zero-order valence-electron chi connectivity index (χ0n) is 9.62. The molecule has 0 atom stereocenters. The van der Waals surface area contributed by atoms with Gasteiger partial charge in [0.1, 0.15) is 4.90 Å². The van der Waals surface area contributed by atoms with Crippen LogP contribution in [0.4, 0.5) is 5.69 Å². The van der Waals surface area contributed by atoms with Gasteiger partial charge in [-0.05, 0) is 13.0 Å². The molecule has 2 heterocycles. The third-order valence-electron chi connectivity index (χ3n) is 2.06. The van der Waals surface area contributed by atoms with Crippen LogP contribution in [0.3, 0.4) is 0 Å². The van der Waals surface area contributed by atoms with E-state index in [0.717, 1.165) is 0 Å². The molecule has 2 aromatic rings. The minimum absolute atomic E-state index is 0.0661. The van der Waals surface area contributed by atoms with Gasteiger partial charge in [-0.3, -0.25) is 9.82 Å².